The number of aliphatic hydroxyl groups is 1. The summed E-state index contributed by atoms with van der Waals surface area (Å²) in [6.45, 7) is 2.30. The van der Waals surface area contributed by atoms with Crippen molar-refractivity contribution < 1.29 is 19.4 Å². The van der Waals surface area contributed by atoms with Gasteiger partial charge in [-0.2, -0.15) is 5.26 Å². The molecule has 1 saturated heterocycles. The molecule has 1 aliphatic rings. The van der Waals surface area contributed by atoms with E-state index in [1.54, 1.807) is 18.2 Å². The number of aromatic nitrogens is 1. The quantitative estimate of drug-likeness (QED) is 0.889. The van der Waals surface area contributed by atoms with Gasteiger partial charge in [-0.05, 0) is 37.6 Å². The molecule has 0 aliphatic carbocycles. The Kier molecular flexibility index (Phi) is 4.15. The van der Waals surface area contributed by atoms with Crippen molar-refractivity contribution in [3.05, 3.63) is 59.2 Å². The molecule has 1 aromatic heterocycles. The van der Waals surface area contributed by atoms with Crippen molar-refractivity contribution in [1.29, 1.82) is 5.26 Å². The van der Waals surface area contributed by atoms with Gasteiger partial charge in [0.05, 0.1) is 11.6 Å². The second-order valence-corrected chi connectivity index (χ2v) is 6.06. The highest BCUT2D eigenvalue weighted by Gasteiger charge is 2.45. The molecule has 2 aromatic rings. The van der Waals surface area contributed by atoms with Gasteiger partial charge in [0.1, 0.15) is 23.2 Å². The van der Waals surface area contributed by atoms with Gasteiger partial charge in [0.25, 0.3) is 0 Å². The summed E-state index contributed by atoms with van der Waals surface area (Å²) < 4.78 is 13.9. The summed E-state index contributed by atoms with van der Waals surface area (Å²) in [5.41, 5.74) is -0.256. The lowest BCUT2D eigenvalue weighted by molar-refractivity contribution is 0.0325. The number of anilines is 1. The summed E-state index contributed by atoms with van der Waals surface area (Å²) in [5.74, 6) is -1.73. The number of carboxylic acid groups (broad SMARTS) is 1. The van der Waals surface area contributed by atoms with Crippen molar-refractivity contribution in [2.45, 2.75) is 25.0 Å². The monoisotopic (exact) mass is 341 g/mol. The van der Waals surface area contributed by atoms with Crippen LogP contribution in [-0.2, 0) is 5.60 Å². The van der Waals surface area contributed by atoms with Gasteiger partial charge < -0.3 is 15.1 Å². The van der Waals surface area contributed by atoms with Crippen molar-refractivity contribution in [3.8, 4) is 6.07 Å². The highest BCUT2D eigenvalue weighted by molar-refractivity contribution is 5.85. The Balaban J connectivity index is 1.90. The van der Waals surface area contributed by atoms with Crippen molar-refractivity contribution in [2.75, 3.05) is 11.4 Å². The summed E-state index contributed by atoms with van der Waals surface area (Å²) in [4.78, 5) is 16.6. The Bertz CT molecular complexity index is 863. The predicted octanol–water partition coefficient (Wildman–Crippen LogP) is 2.28. The topological polar surface area (TPSA) is 97.5 Å². The maximum atomic E-state index is 13.9. The van der Waals surface area contributed by atoms with Crippen LogP contribution in [0.3, 0.4) is 0 Å². The third-order valence-electron chi connectivity index (χ3n) is 4.78. The minimum absolute atomic E-state index is 0.0284. The zero-order chi connectivity index (χ0) is 18.2. The molecule has 0 bridgehead atoms. The largest absolute Gasteiger partial charge is 0.477 e. The number of hydrogen-bond acceptors (Lipinski definition) is 5. The molecule has 2 N–H and O–H groups in total. The van der Waals surface area contributed by atoms with Crippen LogP contribution < -0.4 is 4.90 Å². The summed E-state index contributed by atoms with van der Waals surface area (Å²) in [7, 11) is 0. The first-order valence-corrected chi connectivity index (χ1v) is 7.75. The first kappa shape index (κ1) is 16.9. The van der Waals surface area contributed by atoms with E-state index in [4.69, 9.17) is 10.4 Å². The van der Waals surface area contributed by atoms with Crippen LogP contribution in [0.25, 0.3) is 0 Å². The first-order valence-electron chi connectivity index (χ1n) is 7.75. The van der Waals surface area contributed by atoms with Gasteiger partial charge in [0.15, 0.2) is 0 Å². The van der Waals surface area contributed by atoms with Crippen molar-refractivity contribution >= 4 is 11.7 Å². The molecule has 6 nitrogen and oxygen atoms in total. The van der Waals surface area contributed by atoms with Crippen molar-refractivity contribution in [1.82, 2.24) is 4.98 Å². The van der Waals surface area contributed by atoms with E-state index in [9.17, 15) is 14.3 Å². The second kappa shape index (κ2) is 6.15. The first-order chi connectivity index (χ1) is 11.9. The number of rotatable bonds is 3. The normalized spacial score (nSPS) is 22.6. The lowest BCUT2D eigenvalue weighted by Gasteiger charge is -2.32. The predicted molar refractivity (Wildman–Crippen MR) is 87.6 cm³/mol. The van der Waals surface area contributed by atoms with E-state index < -0.39 is 17.4 Å². The van der Waals surface area contributed by atoms with E-state index in [2.05, 4.69) is 4.98 Å². The van der Waals surface area contributed by atoms with Gasteiger partial charge in [-0.25, -0.2) is 14.2 Å². The minimum atomic E-state index is -1.23. The molecule has 7 heteroatoms. The lowest BCUT2D eigenvalue weighted by Crippen LogP contribution is -2.40. The zero-order valence-electron chi connectivity index (χ0n) is 13.5. The van der Waals surface area contributed by atoms with Crippen molar-refractivity contribution in [3.63, 3.8) is 0 Å². The standard InChI is InChI=1S/C18H16FN3O3/c1-11-18(25,13-3-5-16(17(23)24)21-10-13)6-7-22(11)14-4-2-12(9-20)15(19)8-14/h2-5,8,10-11,25H,6-7H2,1H3,(H,23,24)/t11-,18-/m0/s1. The molecular formula is C18H16FN3O3. The number of carbonyl (C=O) groups is 1. The van der Waals surface area contributed by atoms with Gasteiger partial charge in [-0.1, -0.05) is 6.07 Å². The highest BCUT2D eigenvalue weighted by Crippen LogP contribution is 2.40. The molecule has 0 unspecified atom stereocenters. The zero-order valence-corrected chi connectivity index (χ0v) is 13.5. The third-order valence-corrected chi connectivity index (χ3v) is 4.78. The SMILES string of the molecule is C[C@@H]1N(c2ccc(C#N)c(F)c2)CC[C@@]1(O)c1ccc(C(=O)O)nc1. The van der Waals surface area contributed by atoms with Crippen LogP contribution in [-0.4, -0.2) is 33.8 Å². The maximum absolute atomic E-state index is 13.9. The number of nitriles is 1. The number of halogens is 1. The number of nitrogens with zero attached hydrogens (tertiary/aromatic N) is 3. The Hall–Kier alpha value is -2.98. The number of carboxylic acids is 1. The molecule has 1 aliphatic heterocycles. The van der Waals surface area contributed by atoms with Crippen LogP contribution in [0.4, 0.5) is 10.1 Å². The molecule has 1 fully saturated rings. The van der Waals surface area contributed by atoms with E-state index in [1.807, 2.05) is 11.8 Å². The molecule has 1 aromatic carbocycles. The van der Waals surface area contributed by atoms with Crippen LogP contribution in [0, 0.1) is 17.1 Å². The number of pyridine rings is 1. The van der Waals surface area contributed by atoms with E-state index in [1.165, 1.54) is 24.4 Å². The summed E-state index contributed by atoms with van der Waals surface area (Å²) in [6.07, 6.45) is 1.76. The molecule has 3 rings (SSSR count). The molecule has 2 heterocycles. The Morgan fingerprint density at radius 3 is 2.76 bits per heavy atom. The highest BCUT2D eigenvalue weighted by atomic mass is 19.1. The van der Waals surface area contributed by atoms with E-state index in [0.717, 1.165) is 0 Å². The van der Waals surface area contributed by atoms with Crippen LogP contribution in [0.15, 0.2) is 36.5 Å². The fraction of sp³-hybridized carbons (Fsp3) is 0.278. The molecule has 25 heavy (non-hydrogen) atoms. The smallest absolute Gasteiger partial charge is 0.354 e. The van der Waals surface area contributed by atoms with Crippen LogP contribution in [0.2, 0.25) is 0 Å². The Morgan fingerprint density at radius 1 is 1.44 bits per heavy atom. The summed E-state index contributed by atoms with van der Waals surface area (Å²) >= 11 is 0. The van der Waals surface area contributed by atoms with E-state index in [0.29, 0.717) is 24.2 Å². The molecular weight excluding hydrogens is 325 g/mol. The third kappa shape index (κ3) is 2.81. The van der Waals surface area contributed by atoms with Gasteiger partial charge in [-0.15, -0.1) is 0 Å². The molecule has 2 atom stereocenters. The fourth-order valence-corrected chi connectivity index (χ4v) is 3.24. The molecule has 0 amide bonds. The van der Waals surface area contributed by atoms with Gasteiger partial charge in [-0.3, -0.25) is 0 Å². The molecule has 0 saturated carbocycles. The minimum Gasteiger partial charge on any atom is -0.477 e. The average Bonchev–Trinajstić information content (AvgIpc) is 2.91. The Morgan fingerprint density at radius 2 is 2.20 bits per heavy atom. The maximum Gasteiger partial charge on any atom is 0.354 e. The number of hydrogen-bond donors (Lipinski definition) is 2. The van der Waals surface area contributed by atoms with Gasteiger partial charge >= 0.3 is 5.97 Å². The molecule has 0 radical (unpaired) electrons. The van der Waals surface area contributed by atoms with E-state index in [-0.39, 0.29) is 17.3 Å². The van der Waals surface area contributed by atoms with Gasteiger partial charge in [0, 0.05) is 24.0 Å². The van der Waals surface area contributed by atoms with E-state index >= 15 is 0 Å². The lowest BCUT2D eigenvalue weighted by atomic mass is 9.88. The Labute approximate surface area is 143 Å². The number of benzene rings is 1. The van der Waals surface area contributed by atoms with Crippen LogP contribution >= 0.6 is 0 Å². The van der Waals surface area contributed by atoms with Crippen LogP contribution in [0.1, 0.15) is 35.0 Å². The fourth-order valence-electron chi connectivity index (χ4n) is 3.24. The summed E-state index contributed by atoms with van der Waals surface area (Å²) in [5, 5.41) is 28.8. The second-order valence-electron chi connectivity index (χ2n) is 6.06. The number of aromatic carboxylic acids is 1. The summed E-state index contributed by atoms with van der Waals surface area (Å²) in [6, 6.07) is 8.66. The van der Waals surface area contributed by atoms with Crippen LogP contribution in [0.5, 0.6) is 0 Å². The average molecular weight is 341 g/mol. The van der Waals surface area contributed by atoms with Crippen molar-refractivity contribution in [2.24, 2.45) is 0 Å². The molecule has 0 spiro atoms. The van der Waals surface area contributed by atoms with Gasteiger partial charge in [0.2, 0.25) is 0 Å². The molecule has 128 valence electrons.